The zero-order valence-corrected chi connectivity index (χ0v) is 10.7. The molecule has 0 saturated heterocycles. The van der Waals surface area contributed by atoms with Crippen LogP contribution in [0.2, 0.25) is 0 Å². The van der Waals surface area contributed by atoms with Gasteiger partial charge in [-0.1, -0.05) is 0 Å². The molecule has 104 valence electrons. The van der Waals surface area contributed by atoms with Crippen molar-refractivity contribution in [2.45, 2.75) is 31.5 Å². The number of benzene rings is 1. The van der Waals surface area contributed by atoms with Crippen LogP contribution in [0.15, 0.2) is 18.2 Å². The quantitative estimate of drug-likeness (QED) is 0.888. The highest BCUT2D eigenvalue weighted by Gasteiger charge is 2.64. The molecule has 1 aromatic rings. The van der Waals surface area contributed by atoms with Crippen LogP contribution in [-0.2, 0) is 0 Å². The number of nitrogens with one attached hydrogen (secondary N) is 2. The third kappa shape index (κ3) is 2.52. The van der Waals surface area contributed by atoms with Gasteiger partial charge < -0.3 is 10.6 Å². The molecule has 0 aliphatic heterocycles. The second kappa shape index (κ2) is 4.43. The van der Waals surface area contributed by atoms with Gasteiger partial charge in [-0.15, -0.1) is 0 Å². The van der Waals surface area contributed by atoms with Crippen LogP contribution >= 0.6 is 0 Å². The van der Waals surface area contributed by atoms with Crippen molar-refractivity contribution in [2.75, 3.05) is 12.4 Å². The number of aryl methyl sites for hydroxylation is 1. The van der Waals surface area contributed by atoms with Gasteiger partial charge in [0.05, 0.1) is 0 Å². The molecule has 0 bridgehead atoms. The Balaban J connectivity index is 2.15. The van der Waals surface area contributed by atoms with Gasteiger partial charge >= 0.3 is 6.18 Å². The van der Waals surface area contributed by atoms with Gasteiger partial charge in [0.1, 0.15) is 5.54 Å². The molecule has 0 heterocycles. The van der Waals surface area contributed by atoms with Crippen molar-refractivity contribution in [3.8, 4) is 0 Å². The fraction of sp³-hybridized carbons (Fsp3) is 0.462. The number of hydrogen-bond acceptors (Lipinski definition) is 2. The van der Waals surface area contributed by atoms with E-state index in [1.165, 1.54) is 6.07 Å². The van der Waals surface area contributed by atoms with E-state index in [2.05, 4.69) is 10.6 Å². The predicted molar refractivity (Wildman–Crippen MR) is 66.2 cm³/mol. The molecule has 1 aliphatic carbocycles. The van der Waals surface area contributed by atoms with E-state index in [9.17, 15) is 18.0 Å². The maximum absolute atomic E-state index is 12.7. The van der Waals surface area contributed by atoms with Crippen LogP contribution < -0.4 is 10.6 Å². The molecule has 0 aromatic heterocycles. The lowest BCUT2D eigenvalue weighted by atomic mass is 10.1. The highest BCUT2D eigenvalue weighted by Crippen LogP contribution is 2.49. The van der Waals surface area contributed by atoms with Gasteiger partial charge in [0.25, 0.3) is 5.91 Å². The lowest BCUT2D eigenvalue weighted by Gasteiger charge is -2.21. The van der Waals surface area contributed by atoms with E-state index in [-0.39, 0.29) is 18.4 Å². The second-order valence-electron chi connectivity index (χ2n) is 4.81. The van der Waals surface area contributed by atoms with Gasteiger partial charge in [-0.2, -0.15) is 13.2 Å². The van der Waals surface area contributed by atoms with Crippen LogP contribution in [0, 0.1) is 6.92 Å². The number of halogens is 3. The molecule has 6 heteroatoms. The molecule has 19 heavy (non-hydrogen) atoms. The van der Waals surface area contributed by atoms with Gasteiger partial charge in [0.15, 0.2) is 0 Å². The summed E-state index contributed by atoms with van der Waals surface area (Å²) in [6.07, 6.45) is -4.48. The molecule has 0 unspecified atom stereocenters. The number of anilines is 1. The molecule has 1 aliphatic rings. The van der Waals surface area contributed by atoms with Gasteiger partial charge in [0.2, 0.25) is 0 Å². The summed E-state index contributed by atoms with van der Waals surface area (Å²) in [5.74, 6) is -0.680. The Labute approximate surface area is 109 Å². The largest absolute Gasteiger partial charge is 0.411 e. The molecule has 3 nitrogen and oxygen atoms in total. The lowest BCUT2D eigenvalue weighted by Crippen LogP contribution is -2.47. The lowest BCUT2D eigenvalue weighted by molar-refractivity contribution is -0.163. The van der Waals surface area contributed by atoms with E-state index in [1.807, 2.05) is 0 Å². The average molecular weight is 272 g/mol. The van der Waals surface area contributed by atoms with E-state index >= 15 is 0 Å². The Bertz CT molecular complexity index is 507. The number of carbonyl (C=O) groups is 1. The van der Waals surface area contributed by atoms with Gasteiger partial charge in [-0.25, -0.2) is 0 Å². The maximum Gasteiger partial charge on any atom is 0.411 e. The molecule has 0 spiro atoms. The summed E-state index contributed by atoms with van der Waals surface area (Å²) in [5.41, 5.74) is -0.118. The Hall–Kier alpha value is -1.72. The van der Waals surface area contributed by atoms with Crippen molar-refractivity contribution >= 4 is 11.6 Å². The number of carbonyl (C=O) groups excluding carboxylic acids is 1. The molecule has 2 N–H and O–H groups in total. The fourth-order valence-corrected chi connectivity index (χ4v) is 1.98. The van der Waals surface area contributed by atoms with Crippen molar-refractivity contribution in [1.82, 2.24) is 5.32 Å². The molecule has 1 aromatic carbocycles. The monoisotopic (exact) mass is 272 g/mol. The van der Waals surface area contributed by atoms with E-state index in [0.29, 0.717) is 0 Å². The maximum atomic E-state index is 12.7. The molecular formula is C13H15F3N2O. The molecule has 1 amide bonds. The molecule has 1 saturated carbocycles. The first-order chi connectivity index (χ1) is 8.79. The summed E-state index contributed by atoms with van der Waals surface area (Å²) in [7, 11) is 1.74. The van der Waals surface area contributed by atoms with Crippen molar-refractivity contribution < 1.29 is 18.0 Å². The highest BCUT2D eigenvalue weighted by atomic mass is 19.4. The zero-order valence-electron chi connectivity index (χ0n) is 10.7. The van der Waals surface area contributed by atoms with E-state index in [0.717, 1.165) is 11.3 Å². The standard InChI is InChI=1S/C13H15F3N2O/c1-8-7-9(3-4-10(8)17-2)11(19)18-12(5-6-12)13(14,15)16/h3-4,7,17H,5-6H2,1-2H3,(H,18,19). The number of hydrogen-bond donors (Lipinski definition) is 2. The number of rotatable bonds is 3. The smallest absolute Gasteiger partial charge is 0.388 e. The highest BCUT2D eigenvalue weighted by molar-refractivity contribution is 5.95. The second-order valence-corrected chi connectivity index (χ2v) is 4.81. The topological polar surface area (TPSA) is 41.1 Å². The first-order valence-electron chi connectivity index (χ1n) is 5.97. The number of amides is 1. The zero-order chi connectivity index (χ0) is 14.3. The molecular weight excluding hydrogens is 257 g/mol. The van der Waals surface area contributed by atoms with Crippen LogP contribution in [0.3, 0.4) is 0 Å². The minimum atomic E-state index is -4.39. The van der Waals surface area contributed by atoms with Crippen molar-refractivity contribution in [1.29, 1.82) is 0 Å². The Morgan fingerprint density at radius 1 is 1.32 bits per heavy atom. The Kier molecular flexibility index (Phi) is 3.20. The van der Waals surface area contributed by atoms with Crippen LogP contribution in [0.25, 0.3) is 0 Å². The van der Waals surface area contributed by atoms with E-state index in [4.69, 9.17) is 0 Å². The Morgan fingerprint density at radius 2 is 1.95 bits per heavy atom. The van der Waals surface area contributed by atoms with Crippen molar-refractivity contribution in [3.05, 3.63) is 29.3 Å². The van der Waals surface area contributed by atoms with E-state index in [1.54, 1.807) is 26.1 Å². The predicted octanol–water partition coefficient (Wildman–Crippen LogP) is 2.86. The summed E-state index contributed by atoms with van der Waals surface area (Å²) in [6.45, 7) is 1.79. The van der Waals surface area contributed by atoms with Gasteiger partial charge in [-0.05, 0) is 43.5 Å². The van der Waals surface area contributed by atoms with Crippen molar-refractivity contribution in [3.63, 3.8) is 0 Å². The molecule has 1 fully saturated rings. The summed E-state index contributed by atoms with van der Waals surface area (Å²) in [6, 6.07) is 4.77. The summed E-state index contributed by atoms with van der Waals surface area (Å²) < 4.78 is 38.2. The fourth-order valence-electron chi connectivity index (χ4n) is 1.98. The third-order valence-corrected chi connectivity index (χ3v) is 3.40. The molecule has 2 rings (SSSR count). The van der Waals surface area contributed by atoms with E-state index < -0.39 is 17.6 Å². The first-order valence-corrected chi connectivity index (χ1v) is 5.97. The summed E-state index contributed by atoms with van der Waals surface area (Å²) in [4.78, 5) is 11.9. The summed E-state index contributed by atoms with van der Waals surface area (Å²) >= 11 is 0. The van der Waals surface area contributed by atoms with Crippen molar-refractivity contribution in [2.24, 2.45) is 0 Å². The molecule has 0 atom stereocenters. The normalized spacial score (nSPS) is 16.9. The van der Waals surface area contributed by atoms with Crippen LogP contribution in [0.1, 0.15) is 28.8 Å². The van der Waals surface area contributed by atoms with Crippen LogP contribution in [0.5, 0.6) is 0 Å². The van der Waals surface area contributed by atoms with Crippen LogP contribution in [-0.4, -0.2) is 24.7 Å². The third-order valence-electron chi connectivity index (χ3n) is 3.40. The number of alkyl halides is 3. The molecule has 0 radical (unpaired) electrons. The summed E-state index contributed by atoms with van der Waals surface area (Å²) in [5, 5.41) is 5.04. The SMILES string of the molecule is CNc1ccc(C(=O)NC2(C(F)(F)F)CC2)cc1C. The Morgan fingerprint density at radius 3 is 2.37 bits per heavy atom. The first kappa shape index (κ1) is 13.7. The minimum absolute atomic E-state index is 0.0458. The van der Waals surface area contributed by atoms with Gasteiger partial charge in [-0.3, -0.25) is 4.79 Å². The minimum Gasteiger partial charge on any atom is -0.388 e. The average Bonchev–Trinajstić information content (AvgIpc) is 3.09. The van der Waals surface area contributed by atoms with Crippen LogP contribution in [0.4, 0.5) is 18.9 Å². The van der Waals surface area contributed by atoms with Gasteiger partial charge in [0, 0.05) is 18.3 Å².